The summed E-state index contributed by atoms with van der Waals surface area (Å²) in [5, 5.41) is 0. The Kier molecular flexibility index (Phi) is 7.17. The van der Waals surface area contributed by atoms with Gasteiger partial charge in [-0.15, -0.1) is 0 Å². The molecule has 4 aliphatic carbocycles. The average Bonchev–Trinajstić information content (AvgIpc) is 3.43. The zero-order valence-electron chi connectivity index (χ0n) is 24.6. The molecule has 0 unspecified atom stereocenters. The Morgan fingerprint density at radius 3 is 2.55 bits per heavy atom. The first-order valence-corrected chi connectivity index (χ1v) is 15.7. The number of allylic oxidation sites excluding steroid dienone is 5. The lowest BCUT2D eigenvalue weighted by Gasteiger charge is -2.61. The highest BCUT2D eigenvalue weighted by Gasteiger charge is 2.71. The number of esters is 2. The molecule has 40 heavy (non-hydrogen) atoms. The molecule has 7 rings (SSSR count). The van der Waals surface area contributed by atoms with E-state index in [9.17, 15) is 9.59 Å². The Balaban J connectivity index is 1.54. The molecule has 212 valence electrons. The smallest absolute Gasteiger partial charge is 0.340 e. The molecule has 2 aliphatic heterocycles. The van der Waals surface area contributed by atoms with E-state index < -0.39 is 5.41 Å². The molecule has 4 nitrogen and oxygen atoms in total. The summed E-state index contributed by atoms with van der Waals surface area (Å²) in [7, 11) is 0. The molecular weight excluding hydrogens is 496 g/mol. The maximum absolute atomic E-state index is 13.9. The summed E-state index contributed by atoms with van der Waals surface area (Å²) >= 11 is 0. The van der Waals surface area contributed by atoms with Crippen molar-refractivity contribution in [1.29, 1.82) is 0 Å². The quantitative estimate of drug-likeness (QED) is 0.295. The average molecular weight is 541 g/mol. The number of cyclic esters (lactones) is 2. The van der Waals surface area contributed by atoms with Crippen LogP contribution in [0.5, 0.6) is 0 Å². The van der Waals surface area contributed by atoms with Crippen molar-refractivity contribution >= 4 is 11.9 Å². The van der Waals surface area contributed by atoms with E-state index in [2.05, 4.69) is 76.3 Å². The molecule has 1 spiro atoms. The van der Waals surface area contributed by atoms with Crippen molar-refractivity contribution in [2.24, 2.45) is 34.5 Å². The summed E-state index contributed by atoms with van der Waals surface area (Å²) in [5.41, 5.74) is 3.26. The van der Waals surface area contributed by atoms with Crippen LogP contribution in [0.15, 0.2) is 76.8 Å². The van der Waals surface area contributed by atoms with Gasteiger partial charge in [-0.2, -0.15) is 0 Å². The molecule has 0 N–H and O–H groups in total. The molecule has 4 heteroatoms. The zero-order valence-corrected chi connectivity index (χ0v) is 24.6. The Hall–Kier alpha value is -2.88. The van der Waals surface area contributed by atoms with Gasteiger partial charge in [-0.3, -0.25) is 0 Å². The second-order valence-electron chi connectivity index (χ2n) is 13.2. The van der Waals surface area contributed by atoms with Gasteiger partial charge >= 0.3 is 11.9 Å². The predicted octanol–water partition coefficient (Wildman–Crippen LogP) is 8.40. The minimum atomic E-state index is -0.591. The fraction of sp³-hybridized carbons (Fsp3) is 0.556. The van der Waals surface area contributed by atoms with E-state index >= 15 is 0 Å². The van der Waals surface area contributed by atoms with Crippen LogP contribution in [0, 0.1) is 34.5 Å². The number of hydrogen-bond donors (Lipinski definition) is 0. The maximum Gasteiger partial charge on any atom is 0.340 e. The van der Waals surface area contributed by atoms with Crippen molar-refractivity contribution in [2.45, 2.75) is 91.9 Å². The van der Waals surface area contributed by atoms with E-state index in [0.29, 0.717) is 11.8 Å². The normalized spacial score (nSPS) is 33.2. The highest BCUT2D eigenvalue weighted by atomic mass is 16.5. The standard InChI is InChI=1S/C36H44O4/c1-5-7-13-29-27-17-18-35(22-25-11-9-8-10-12-25)26-16-19-36(32(35)31(27)34(38)39-29)28(21-26)33(37)40-30(36)20-24(6-2)15-14-23(3)4/h8-13,20-21,23-24,26,32H,5-7,14-19,22H2,1-4H3/t24-,26-,32-,35-,36+/m1/s1. The molecule has 1 saturated carbocycles. The number of hydrogen-bond acceptors (Lipinski definition) is 4. The molecule has 0 aromatic heterocycles. The SMILES string of the molecule is CCCC=C1OC(=O)C2=C1CC[C@@]1(Cc3ccccc3)[C@H]3C=C4C(=O)OC(=C[C@H](CC)CCC(C)C)[C@@]4(CC3)[C@H]21. The third kappa shape index (κ3) is 4.16. The fourth-order valence-corrected chi connectivity index (χ4v) is 8.63. The first kappa shape index (κ1) is 27.3. The van der Waals surface area contributed by atoms with Gasteiger partial charge in [-0.1, -0.05) is 76.9 Å². The van der Waals surface area contributed by atoms with Gasteiger partial charge in [-0.25, -0.2) is 9.59 Å². The number of rotatable bonds is 9. The lowest BCUT2D eigenvalue weighted by atomic mass is 9.39. The maximum atomic E-state index is 13.9. The lowest BCUT2D eigenvalue weighted by molar-refractivity contribution is -0.136. The Morgan fingerprint density at radius 1 is 1.02 bits per heavy atom. The first-order valence-electron chi connectivity index (χ1n) is 15.7. The second kappa shape index (κ2) is 10.5. The van der Waals surface area contributed by atoms with Crippen LogP contribution in [0.3, 0.4) is 0 Å². The van der Waals surface area contributed by atoms with Crippen molar-refractivity contribution in [3.8, 4) is 0 Å². The molecule has 0 radical (unpaired) electrons. The monoisotopic (exact) mass is 540 g/mol. The molecule has 0 amide bonds. The van der Waals surface area contributed by atoms with Crippen LogP contribution in [0.25, 0.3) is 0 Å². The highest BCUT2D eigenvalue weighted by molar-refractivity contribution is 6.00. The van der Waals surface area contributed by atoms with Crippen LogP contribution >= 0.6 is 0 Å². The molecule has 2 fully saturated rings. The van der Waals surface area contributed by atoms with Crippen molar-refractivity contribution in [3.63, 3.8) is 0 Å². The number of benzene rings is 1. The molecular formula is C36H44O4. The van der Waals surface area contributed by atoms with Crippen molar-refractivity contribution in [3.05, 3.63) is 82.4 Å². The van der Waals surface area contributed by atoms with Gasteiger partial charge in [-0.05, 0) is 92.3 Å². The summed E-state index contributed by atoms with van der Waals surface area (Å²) in [4.78, 5) is 27.4. The van der Waals surface area contributed by atoms with Crippen molar-refractivity contribution in [1.82, 2.24) is 0 Å². The molecule has 5 atom stereocenters. The molecule has 2 bridgehead atoms. The van der Waals surface area contributed by atoms with Gasteiger partial charge in [0.2, 0.25) is 0 Å². The summed E-state index contributed by atoms with van der Waals surface area (Å²) in [6.45, 7) is 8.90. The highest BCUT2D eigenvalue weighted by Crippen LogP contribution is 2.73. The van der Waals surface area contributed by atoms with Gasteiger partial charge in [0, 0.05) is 22.6 Å². The van der Waals surface area contributed by atoms with Gasteiger partial charge in [0.05, 0.1) is 5.41 Å². The van der Waals surface area contributed by atoms with Gasteiger partial charge in [0.25, 0.3) is 0 Å². The number of ether oxygens (including phenoxy) is 2. The fourth-order valence-electron chi connectivity index (χ4n) is 8.63. The van der Waals surface area contributed by atoms with Gasteiger partial charge in [0.1, 0.15) is 11.5 Å². The second-order valence-corrected chi connectivity index (χ2v) is 13.2. The Morgan fingerprint density at radius 2 is 1.82 bits per heavy atom. The summed E-state index contributed by atoms with van der Waals surface area (Å²) in [6.07, 6.45) is 16.3. The van der Waals surface area contributed by atoms with E-state index in [1.54, 1.807) is 0 Å². The third-order valence-electron chi connectivity index (χ3n) is 10.6. The third-order valence-corrected chi connectivity index (χ3v) is 10.6. The van der Waals surface area contributed by atoms with E-state index in [-0.39, 0.29) is 29.2 Å². The van der Waals surface area contributed by atoms with Crippen LogP contribution in [0.1, 0.15) is 91.0 Å². The van der Waals surface area contributed by atoms with Crippen LogP contribution < -0.4 is 0 Å². The minimum Gasteiger partial charge on any atom is -0.427 e. The Labute approximate surface area is 239 Å². The van der Waals surface area contributed by atoms with Crippen LogP contribution in [0.2, 0.25) is 0 Å². The van der Waals surface area contributed by atoms with Crippen molar-refractivity contribution in [2.75, 3.05) is 0 Å². The topological polar surface area (TPSA) is 52.6 Å². The number of unbranched alkanes of at least 4 members (excludes halogenated alkanes) is 1. The molecule has 6 aliphatic rings. The van der Waals surface area contributed by atoms with Gasteiger partial charge in [0.15, 0.2) is 0 Å². The number of carbonyl (C=O) groups is 2. The first-order chi connectivity index (χ1) is 19.3. The number of carbonyl (C=O) groups excluding carboxylic acids is 2. The van der Waals surface area contributed by atoms with E-state index in [4.69, 9.17) is 9.47 Å². The molecule has 1 aromatic carbocycles. The summed E-state index contributed by atoms with van der Waals surface area (Å²) in [6, 6.07) is 10.7. The van der Waals surface area contributed by atoms with Crippen LogP contribution in [-0.4, -0.2) is 11.9 Å². The summed E-state index contributed by atoms with van der Waals surface area (Å²) < 4.78 is 12.3. The van der Waals surface area contributed by atoms with E-state index in [1.807, 2.05) is 0 Å². The zero-order chi connectivity index (χ0) is 28.1. The van der Waals surface area contributed by atoms with Crippen LogP contribution in [-0.2, 0) is 25.5 Å². The molecule has 1 aromatic rings. The van der Waals surface area contributed by atoms with Crippen LogP contribution in [0.4, 0.5) is 0 Å². The Bertz CT molecular complexity index is 1310. The minimum absolute atomic E-state index is 0.122. The summed E-state index contributed by atoms with van der Waals surface area (Å²) in [5.74, 6) is 2.25. The number of fused-ring (bicyclic) bond motifs is 1. The van der Waals surface area contributed by atoms with Crippen molar-refractivity contribution < 1.29 is 19.1 Å². The molecule has 1 saturated heterocycles. The van der Waals surface area contributed by atoms with Gasteiger partial charge < -0.3 is 9.47 Å². The van der Waals surface area contributed by atoms with E-state index in [1.165, 1.54) is 5.56 Å². The predicted molar refractivity (Wildman–Crippen MR) is 157 cm³/mol. The molecule has 2 heterocycles. The van der Waals surface area contributed by atoms with E-state index in [0.717, 1.165) is 92.4 Å². The largest absolute Gasteiger partial charge is 0.427 e. The lowest BCUT2D eigenvalue weighted by Crippen LogP contribution is -2.58.